The number of phenols is 1. The number of Topliss-reactive ketones (excluding diaryl/α,β-unsaturated/α-hetero) is 1. The summed E-state index contributed by atoms with van der Waals surface area (Å²) in [6.07, 6.45) is 1.70. The van der Waals surface area contributed by atoms with Crippen molar-refractivity contribution < 1.29 is 14.7 Å². The first-order chi connectivity index (χ1) is 11.4. The van der Waals surface area contributed by atoms with Gasteiger partial charge in [-0.15, -0.1) is 11.6 Å². The summed E-state index contributed by atoms with van der Waals surface area (Å²) in [7, 11) is 0. The van der Waals surface area contributed by atoms with Gasteiger partial charge in [0.15, 0.2) is 5.78 Å². The van der Waals surface area contributed by atoms with Gasteiger partial charge in [-0.2, -0.15) is 0 Å². The predicted molar refractivity (Wildman–Crippen MR) is 102 cm³/mol. The fourth-order valence-electron chi connectivity index (χ4n) is 2.42. The van der Waals surface area contributed by atoms with Gasteiger partial charge in [0.25, 0.3) is 5.91 Å². The number of anilines is 1. The summed E-state index contributed by atoms with van der Waals surface area (Å²) in [4.78, 5) is 24.0. The molecule has 24 heavy (non-hydrogen) atoms. The van der Waals surface area contributed by atoms with Crippen LogP contribution >= 0.6 is 43.5 Å². The number of phenolic OH excluding ortho intramolecular Hbond substituents is 1. The number of benzene rings is 2. The van der Waals surface area contributed by atoms with Gasteiger partial charge >= 0.3 is 0 Å². The van der Waals surface area contributed by atoms with Crippen molar-refractivity contribution in [2.45, 2.75) is 0 Å². The molecule has 0 fully saturated rings. The van der Waals surface area contributed by atoms with Gasteiger partial charge in [-0.05, 0) is 73.8 Å². The number of rotatable bonds is 3. The van der Waals surface area contributed by atoms with E-state index < -0.39 is 0 Å². The van der Waals surface area contributed by atoms with Gasteiger partial charge in [0.2, 0.25) is 0 Å². The second kappa shape index (κ2) is 6.70. The van der Waals surface area contributed by atoms with E-state index in [0.29, 0.717) is 31.3 Å². The fourth-order valence-corrected chi connectivity index (χ4v) is 3.79. The lowest BCUT2D eigenvalue weighted by Crippen LogP contribution is -2.03. The van der Waals surface area contributed by atoms with Crippen LogP contribution in [0.25, 0.3) is 11.6 Å². The zero-order chi connectivity index (χ0) is 17.4. The number of aromatic hydroxyl groups is 1. The van der Waals surface area contributed by atoms with E-state index in [1.54, 1.807) is 36.4 Å². The average Bonchev–Trinajstić information content (AvgIpc) is 2.87. The lowest BCUT2D eigenvalue weighted by molar-refractivity contribution is -0.110. The van der Waals surface area contributed by atoms with Crippen molar-refractivity contribution in [2.24, 2.45) is 0 Å². The topological polar surface area (TPSA) is 66.4 Å². The Kier molecular flexibility index (Phi) is 4.80. The number of hydrogen-bond acceptors (Lipinski definition) is 3. The maximum absolute atomic E-state index is 12.3. The van der Waals surface area contributed by atoms with E-state index >= 15 is 0 Å². The van der Waals surface area contributed by atoms with Crippen molar-refractivity contribution >= 4 is 72.5 Å². The lowest BCUT2D eigenvalue weighted by Gasteiger charge is -2.05. The quantitative estimate of drug-likeness (QED) is 0.383. The van der Waals surface area contributed by atoms with Crippen LogP contribution in [-0.2, 0) is 4.79 Å². The first-order valence-electron chi connectivity index (χ1n) is 6.85. The van der Waals surface area contributed by atoms with E-state index in [0.717, 1.165) is 5.56 Å². The molecule has 122 valence electrons. The first-order valence-corrected chi connectivity index (χ1v) is 8.97. The summed E-state index contributed by atoms with van der Waals surface area (Å²) >= 11 is 12.1. The molecule has 0 radical (unpaired) electrons. The molecule has 2 N–H and O–H groups in total. The van der Waals surface area contributed by atoms with E-state index in [-0.39, 0.29) is 23.3 Å². The second-order valence-electron chi connectivity index (χ2n) is 5.16. The van der Waals surface area contributed by atoms with Gasteiger partial charge in [-0.25, -0.2) is 0 Å². The monoisotopic (exact) mass is 469 g/mol. The zero-order valence-electron chi connectivity index (χ0n) is 12.1. The molecule has 0 aliphatic carbocycles. The van der Waals surface area contributed by atoms with Gasteiger partial charge in [0.05, 0.1) is 14.8 Å². The number of nitrogens with one attached hydrogen (secondary N) is 1. The van der Waals surface area contributed by atoms with Gasteiger partial charge < -0.3 is 10.4 Å². The first kappa shape index (κ1) is 17.2. The minimum Gasteiger partial charge on any atom is -0.506 e. The Morgan fingerprint density at radius 3 is 2.50 bits per heavy atom. The lowest BCUT2D eigenvalue weighted by atomic mass is 10.0. The molecule has 0 saturated carbocycles. The molecule has 2 aromatic rings. The van der Waals surface area contributed by atoms with E-state index in [1.165, 1.54) is 0 Å². The van der Waals surface area contributed by atoms with Crippen molar-refractivity contribution in [3.63, 3.8) is 0 Å². The SMILES string of the molecule is O=C1Nc2ccc(C(=O)CCl)cc2/C1=C/c1cc(Br)c(O)c(Br)c1. The summed E-state index contributed by atoms with van der Waals surface area (Å²) in [6.45, 7) is 0. The minimum atomic E-state index is -0.249. The highest BCUT2D eigenvalue weighted by Gasteiger charge is 2.25. The van der Waals surface area contributed by atoms with Gasteiger partial charge in [0.1, 0.15) is 5.75 Å². The molecule has 0 saturated heterocycles. The van der Waals surface area contributed by atoms with Crippen LogP contribution < -0.4 is 5.32 Å². The molecule has 1 amide bonds. The number of amides is 1. The third-order valence-electron chi connectivity index (χ3n) is 3.60. The van der Waals surface area contributed by atoms with Crippen LogP contribution in [0, 0.1) is 0 Å². The molecule has 1 aliphatic rings. The molecule has 2 aromatic carbocycles. The maximum atomic E-state index is 12.3. The third-order valence-corrected chi connectivity index (χ3v) is 5.05. The van der Waals surface area contributed by atoms with E-state index in [1.807, 2.05) is 0 Å². The number of carbonyl (C=O) groups excluding carboxylic acids is 2. The van der Waals surface area contributed by atoms with Crippen LogP contribution in [0.3, 0.4) is 0 Å². The standard InChI is InChI=1S/C17H10Br2ClNO3/c18-12-4-8(5-13(19)16(12)23)3-11-10-6-9(15(22)7-20)1-2-14(10)21-17(11)24/h1-6,23H,7H2,(H,21,24)/b11-3-. The van der Waals surface area contributed by atoms with Crippen LogP contribution in [0.15, 0.2) is 39.3 Å². The molecular formula is C17H10Br2ClNO3. The smallest absolute Gasteiger partial charge is 0.256 e. The Bertz CT molecular complexity index is 886. The molecule has 1 heterocycles. The van der Waals surface area contributed by atoms with E-state index in [2.05, 4.69) is 37.2 Å². The summed E-state index contributed by atoms with van der Waals surface area (Å²) in [5.74, 6) is -0.477. The predicted octanol–water partition coefficient (Wildman–Crippen LogP) is 4.83. The molecule has 1 aliphatic heterocycles. The van der Waals surface area contributed by atoms with E-state index in [4.69, 9.17) is 11.6 Å². The summed E-state index contributed by atoms with van der Waals surface area (Å²) < 4.78 is 1.02. The number of fused-ring (bicyclic) bond motifs is 1. The number of carbonyl (C=O) groups is 2. The number of halogens is 3. The van der Waals surface area contributed by atoms with E-state index in [9.17, 15) is 14.7 Å². The fraction of sp³-hybridized carbons (Fsp3) is 0.0588. The normalized spacial score (nSPS) is 14.6. The number of ketones is 1. The minimum absolute atomic E-state index is 0.0865. The van der Waals surface area contributed by atoms with Crippen molar-refractivity contribution in [3.05, 3.63) is 56.0 Å². The molecule has 0 unspecified atom stereocenters. The highest BCUT2D eigenvalue weighted by Crippen LogP contribution is 2.37. The number of hydrogen-bond donors (Lipinski definition) is 2. The third kappa shape index (κ3) is 3.14. The van der Waals surface area contributed by atoms with Gasteiger partial charge in [-0.3, -0.25) is 9.59 Å². The Morgan fingerprint density at radius 1 is 1.21 bits per heavy atom. The highest BCUT2D eigenvalue weighted by molar-refractivity contribution is 9.11. The number of alkyl halides is 1. The molecule has 7 heteroatoms. The van der Waals surface area contributed by atoms with Crippen LogP contribution in [-0.4, -0.2) is 22.7 Å². The largest absolute Gasteiger partial charge is 0.506 e. The van der Waals surface area contributed by atoms with Crippen molar-refractivity contribution in [1.29, 1.82) is 0 Å². The zero-order valence-corrected chi connectivity index (χ0v) is 16.0. The Hall–Kier alpha value is -1.63. The molecule has 0 spiro atoms. The van der Waals surface area contributed by atoms with Crippen LogP contribution in [0.2, 0.25) is 0 Å². The van der Waals surface area contributed by atoms with Crippen LogP contribution in [0.4, 0.5) is 5.69 Å². The Balaban J connectivity index is 2.10. The molecule has 0 atom stereocenters. The van der Waals surface area contributed by atoms with Gasteiger partial charge in [-0.1, -0.05) is 0 Å². The molecular weight excluding hydrogens is 461 g/mol. The summed E-state index contributed by atoms with van der Waals surface area (Å²) in [5, 5.41) is 12.6. The van der Waals surface area contributed by atoms with Crippen molar-refractivity contribution in [3.8, 4) is 5.75 Å². The summed E-state index contributed by atoms with van der Waals surface area (Å²) in [5.41, 5.74) is 2.92. The van der Waals surface area contributed by atoms with Crippen LogP contribution in [0.1, 0.15) is 21.5 Å². The average molecular weight is 472 g/mol. The molecule has 0 bridgehead atoms. The van der Waals surface area contributed by atoms with Gasteiger partial charge in [0, 0.05) is 22.4 Å². The Labute approximate surface area is 159 Å². The van der Waals surface area contributed by atoms with Crippen LogP contribution in [0.5, 0.6) is 5.75 Å². The molecule has 3 rings (SSSR count). The molecule has 0 aromatic heterocycles. The maximum Gasteiger partial charge on any atom is 0.256 e. The highest BCUT2D eigenvalue weighted by atomic mass is 79.9. The Morgan fingerprint density at radius 2 is 1.88 bits per heavy atom. The van der Waals surface area contributed by atoms with Crippen molar-refractivity contribution in [2.75, 3.05) is 11.2 Å². The molecule has 4 nitrogen and oxygen atoms in total. The van der Waals surface area contributed by atoms with Crippen molar-refractivity contribution in [1.82, 2.24) is 0 Å². The second-order valence-corrected chi connectivity index (χ2v) is 7.14. The summed E-state index contributed by atoms with van der Waals surface area (Å²) in [6, 6.07) is 8.39.